The molecule has 7 heteroatoms. The number of aromatic nitrogens is 1. The van der Waals surface area contributed by atoms with E-state index in [1.165, 1.54) is 0 Å². The SMILES string of the molecule is CC(C)CN1CC(CNC(=O)CCc2nc3ccccc3s2)OCC1=O. The number of thiazole rings is 1. The van der Waals surface area contributed by atoms with Gasteiger partial charge in [-0.05, 0) is 18.1 Å². The van der Waals surface area contributed by atoms with Gasteiger partial charge < -0.3 is 15.0 Å². The summed E-state index contributed by atoms with van der Waals surface area (Å²) in [5.41, 5.74) is 0.985. The number of benzene rings is 1. The molecule has 1 N–H and O–H groups in total. The summed E-state index contributed by atoms with van der Waals surface area (Å²) >= 11 is 1.63. The van der Waals surface area contributed by atoms with Crippen LogP contribution in [-0.2, 0) is 20.7 Å². The largest absolute Gasteiger partial charge is 0.365 e. The van der Waals surface area contributed by atoms with Crippen LogP contribution in [0.3, 0.4) is 0 Å². The molecule has 1 atom stereocenters. The van der Waals surface area contributed by atoms with Crippen molar-refractivity contribution in [1.29, 1.82) is 0 Å². The van der Waals surface area contributed by atoms with Gasteiger partial charge in [0.2, 0.25) is 11.8 Å². The number of morpholine rings is 1. The van der Waals surface area contributed by atoms with Gasteiger partial charge in [0.1, 0.15) is 6.61 Å². The van der Waals surface area contributed by atoms with Crippen molar-refractivity contribution in [1.82, 2.24) is 15.2 Å². The summed E-state index contributed by atoms with van der Waals surface area (Å²) in [4.78, 5) is 30.4. The van der Waals surface area contributed by atoms with E-state index in [1.807, 2.05) is 29.2 Å². The first-order valence-corrected chi connectivity index (χ1v) is 9.83. The van der Waals surface area contributed by atoms with Crippen molar-refractivity contribution in [2.24, 2.45) is 5.92 Å². The van der Waals surface area contributed by atoms with E-state index in [0.717, 1.165) is 21.8 Å². The maximum absolute atomic E-state index is 12.1. The molecule has 0 bridgehead atoms. The van der Waals surface area contributed by atoms with E-state index in [9.17, 15) is 9.59 Å². The lowest BCUT2D eigenvalue weighted by atomic mass is 10.1. The normalized spacial score (nSPS) is 17.9. The van der Waals surface area contributed by atoms with Crippen LogP contribution in [-0.4, -0.2) is 54.0 Å². The third-order valence-electron chi connectivity index (χ3n) is 4.24. The molecule has 0 radical (unpaired) electrons. The molecular weight excluding hydrogens is 350 g/mol. The van der Waals surface area contributed by atoms with Gasteiger partial charge in [0.15, 0.2) is 0 Å². The molecule has 2 aromatic rings. The molecule has 0 aliphatic carbocycles. The van der Waals surface area contributed by atoms with Gasteiger partial charge in [0, 0.05) is 32.5 Å². The third-order valence-corrected chi connectivity index (χ3v) is 5.33. The van der Waals surface area contributed by atoms with Crippen LogP contribution in [0.15, 0.2) is 24.3 Å². The maximum atomic E-state index is 12.1. The highest BCUT2D eigenvalue weighted by atomic mass is 32.1. The summed E-state index contributed by atoms with van der Waals surface area (Å²) < 4.78 is 6.69. The summed E-state index contributed by atoms with van der Waals surface area (Å²) in [5.74, 6) is 0.429. The molecular formula is C19H25N3O3S. The van der Waals surface area contributed by atoms with E-state index in [1.54, 1.807) is 11.3 Å². The van der Waals surface area contributed by atoms with E-state index < -0.39 is 0 Å². The minimum Gasteiger partial charge on any atom is -0.365 e. The number of para-hydroxylation sites is 1. The van der Waals surface area contributed by atoms with E-state index in [-0.39, 0.29) is 24.5 Å². The molecule has 1 saturated heterocycles. The number of hydrogen-bond acceptors (Lipinski definition) is 5. The summed E-state index contributed by atoms with van der Waals surface area (Å²) in [6.45, 7) is 5.96. The number of carbonyl (C=O) groups excluding carboxylic acids is 2. The molecule has 1 unspecified atom stereocenters. The molecule has 2 amide bonds. The number of nitrogens with one attached hydrogen (secondary N) is 1. The van der Waals surface area contributed by atoms with Gasteiger partial charge in [-0.2, -0.15) is 0 Å². The van der Waals surface area contributed by atoms with Crippen molar-refractivity contribution in [3.63, 3.8) is 0 Å². The van der Waals surface area contributed by atoms with E-state index in [2.05, 4.69) is 24.1 Å². The van der Waals surface area contributed by atoms with E-state index in [4.69, 9.17) is 4.74 Å². The van der Waals surface area contributed by atoms with Crippen LogP contribution in [0.1, 0.15) is 25.3 Å². The van der Waals surface area contributed by atoms with Gasteiger partial charge >= 0.3 is 0 Å². The minimum atomic E-state index is -0.141. The minimum absolute atomic E-state index is 0.0137. The molecule has 1 fully saturated rings. The van der Waals surface area contributed by atoms with Crippen LogP contribution in [0.25, 0.3) is 10.2 Å². The summed E-state index contributed by atoms with van der Waals surface area (Å²) in [6.07, 6.45) is 0.897. The lowest BCUT2D eigenvalue weighted by molar-refractivity contribution is -0.149. The maximum Gasteiger partial charge on any atom is 0.248 e. The number of nitrogens with zero attached hydrogens (tertiary/aromatic N) is 2. The fourth-order valence-electron chi connectivity index (χ4n) is 2.98. The second kappa shape index (κ2) is 8.60. The van der Waals surface area contributed by atoms with Crippen LogP contribution < -0.4 is 5.32 Å². The Morgan fingerprint density at radius 2 is 2.23 bits per heavy atom. The molecule has 140 valence electrons. The fraction of sp³-hybridized carbons (Fsp3) is 0.526. The first-order chi connectivity index (χ1) is 12.5. The topological polar surface area (TPSA) is 71.5 Å². The van der Waals surface area contributed by atoms with Crippen molar-refractivity contribution in [2.75, 3.05) is 26.2 Å². The molecule has 3 rings (SSSR count). The monoisotopic (exact) mass is 375 g/mol. The number of hydrogen-bond donors (Lipinski definition) is 1. The molecule has 1 aliphatic rings. The average Bonchev–Trinajstić information content (AvgIpc) is 3.03. The highest BCUT2D eigenvalue weighted by Gasteiger charge is 2.26. The van der Waals surface area contributed by atoms with Crippen molar-refractivity contribution in [3.05, 3.63) is 29.3 Å². The van der Waals surface area contributed by atoms with Gasteiger partial charge in [0.05, 0.1) is 21.3 Å². The highest BCUT2D eigenvalue weighted by molar-refractivity contribution is 7.18. The number of rotatable bonds is 7. The van der Waals surface area contributed by atoms with Crippen molar-refractivity contribution < 1.29 is 14.3 Å². The van der Waals surface area contributed by atoms with Crippen molar-refractivity contribution in [3.8, 4) is 0 Å². The van der Waals surface area contributed by atoms with Crippen LogP contribution in [0, 0.1) is 5.92 Å². The molecule has 1 aromatic heterocycles. The predicted molar refractivity (Wildman–Crippen MR) is 102 cm³/mol. The van der Waals surface area contributed by atoms with Crippen LogP contribution >= 0.6 is 11.3 Å². The Morgan fingerprint density at radius 3 is 3.00 bits per heavy atom. The van der Waals surface area contributed by atoms with Crippen LogP contribution in [0.5, 0.6) is 0 Å². The zero-order valence-corrected chi connectivity index (χ0v) is 16.1. The fourth-order valence-corrected chi connectivity index (χ4v) is 3.95. The first-order valence-electron chi connectivity index (χ1n) is 9.02. The molecule has 26 heavy (non-hydrogen) atoms. The van der Waals surface area contributed by atoms with Gasteiger partial charge in [-0.3, -0.25) is 9.59 Å². The molecule has 6 nitrogen and oxygen atoms in total. The summed E-state index contributed by atoms with van der Waals surface area (Å²) in [6, 6.07) is 7.99. The second-order valence-electron chi connectivity index (χ2n) is 7.00. The average molecular weight is 375 g/mol. The molecule has 0 spiro atoms. The van der Waals surface area contributed by atoms with Gasteiger partial charge in [-0.15, -0.1) is 11.3 Å². The smallest absolute Gasteiger partial charge is 0.248 e. The number of fused-ring (bicyclic) bond motifs is 1. The van der Waals surface area contributed by atoms with Crippen LogP contribution in [0.4, 0.5) is 0 Å². The van der Waals surface area contributed by atoms with Crippen molar-refractivity contribution in [2.45, 2.75) is 32.8 Å². The Morgan fingerprint density at radius 1 is 1.42 bits per heavy atom. The first kappa shape index (κ1) is 18.8. The number of aryl methyl sites for hydroxylation is 1. The summed E-state index contributed by atoms with van der Waals surface area (Å²) in [7, 11) is 0. The molecule has 1 aromatic carbocycles. The molecule has 2 heterocycles. The molecule has 0 saturated carbocycles. The molecule has 1 aliphatic heterocycles. The Hall–Kier alpha value is -1.99. The summed E-state index contributed by atoms with van der Waals surface area (Å²) in [5, 5.41) is 3.90. The van der Waals surface area contributed by atoms with E-state index >= 15 is 0 Å². The second-order valence-corrected chi connectivity index (χ2v) is 8.12. The lowest BCUT2D eigenvalue weighted by Crippen LogP contribution is -2.51. The van der Waals surface area contributed by atoms with Crippen LogP contribution in [0.2, 0.25) is 0 Å². The van der Waals surface area contributed by atoms with E-state index in [0.29, 0.717) is 31.8 Å². The Kier molecular flexibility index (Phi) is 6.21. The quantitative estimate of drug-likeness (QED) is 0.806. The Bertz CT molecular complexity index is 741. The lowest BCUT2D eigenvalue weighted by Gasteiger charge is -2.33. The predicted octanol–water partition coefficient (Wildman–Crippen LogP) is 2.23. The zero-order chi connectivity index (χ0) is 18.5. The van der Waals surface area contributed by atoms with Gasteiger partial charge in [-0.1, -0.05) is 26.0 Å². The number of amides is 2. The highest BCUT2D eigenvalue weighted by Crippen LogP contribution is 2.22. The Labute approximate surface area is 157 Å². The van der Waals surface area contributed by atoms with Gasteiger partial charge in [0.25, 0.3) is 0 Å². The number of ether oxygens (including phenoxy) is 1. The zero-order valence-electron chi connectivity index (χ0n) is 15.2. The third kappa shape index (κ3) is 5.02. The standard InChI is InChI=1S/C19H25N3O3S/c1-13(2)10-22-11-14(25-12-19(22)24)9-20-17(23)7-8-18-21-15-5-3-4-6-16(15)26-18/h3-6,13-14H,7-12H2,1-2H3,(H,20,23). The van der Waals surface area contributed by atoms with Crippen molar-refractivity contribution >= 4 is 33.4 Å². The number of carbonyl (C=O) groups is 2. The van der Waals surface area contributed by atoms with Gasteiger partial charge in [-0.25, -0.2) is 4.98 Å². The Balaban J connectivity index is 1.43.